The first-order valence-corrected chi connectivity index (χ1v) is 8.50. The second kappa shape index (κ2) is 10.0. The van der Waals surface area contributed by atoms with Gasteiger partial charge in [-0.3, -0.25) is 15.0 Å². The number of carboxylic acids is 1. The molecule has 3 heterocycles. The number of nitrogen functional groups attached to an aromatic ring is 1. The minimum atomic E-state index is -0.913. The van der Waals surface area contributed by atoms with Crippen LogP contribution in [-0.2, 0) is 4.79 Å². The van der Waals surface area contributed by atoms with Crippen molar-refractivity contribution in [2.75, 3.05) is 10.7 Å². The fraction of sp³-hybridized carbons (Fsp3) is 0.0556. The maximum atomic E-state index is 10.7. The van der Waals surface area contributed by atoms with Crippen molar-refractivity contribution in [3.8, 4) is 0 Å². The average Bonchev–Trinajstić information content (AvgIpc) is 3.02. The second-order valence-electron chi connectivity index (χ2n) is 4.99. The van der Waals surface area contributed by atoms with E-state index in [4.69, 9.17) is 16.7 Å². The van der Waals surface area contributed by atoms with Crippen molar-refractivity contribution in [2.45, 2.75) is 10.3 Å². The van der Waals surface area contributed by atoms with E-state index >= 15 is 0 Å². The Labute approximate surface area is 155 Å². The highest BCUT2D eigenvalue weighted by Gasteiger charge is 2.33. The van der Waals surface area contributed by atoms with E-state index in [1.54, 1.807) is 36.9 Å². The van der Waals surface area contributed by atoms with Gasteiger partial charge in [0.05, 0.1) is 11.4 Å². The number of hydrogen-bond acceptors (Lipinski definition) is 7. The van der Waals surface area contributed by atoms with Gasteiger partial charge in [0.25, 0.3) is 0 Å². The number of nitrogens with two attached hydrogens (primary N) is 2. The van der Waals surface area contributed by atoms with E-state index in [2.05, 4.69) is 9.97 Å². The normalized spacial score (nSPS) is 14.2. The summed E-state index contributed by atoms with van der Waals surface area (Å²) in [6, 6.07) is 16.7. The molecule has 0 aliphatic carbocycles. The number of anilines is 2. The molecule has 134 valence electrons. The highest BCUT2D eigenvalue weighted by atomic mass is 32.2. The van der Waals surface area contributed by atoms with Crippen LogP contribution in [0.25, 0.3) is 0 Å². The highest BCUT2D eigenvalue weighted by molar-refractivity contribution is 8.01. The van der Waals surface area contributed by atoms with Crippen LogP contribution in [-0.4, -0.2) is 26.4 Å². The fourth-order valence-electron chi connectivity index (χ4n) is 1.93. The highest BCUT2D eigenvalue weighted by Crippen LogP contribution is 2.40. The number of nitrogens with zero attached hydrogens (tertiary/aromatic N) is 3. The monoisotopic (exact) mass is 369 g/mol. The first kappa shape index (κ1) is 19.2. The number of aromatic nitrogens is 2. The van der Waals surface area contributed by atoms with E-state index < -0.39 is 11.3 Å². The third-order valence-electron chi connectivity index (χ3n) is 3.10. The molecule has 2 aromatic heterocycles. The number of rotatable bonds is 1. The summed E-state index contributed by atoms with van der Waals surface area (Å²) in [6.07, 6.45) is 6.80. The Hall–Kier alpha value is -3.10. The fourth-order valence-corrected chi connectivity index (χ4v) is 2.95. The molecule has 1 aliphatic rings. The molecule has 1 aliphatic heterocycles. The summed E-state index contributed by atoms with van der Waals surface area (Å²) in [6.45, 7) is 0. The molecule has 0 fully saturated rings. The Morgan fingerprint density at radius 2 is 1.69 bits per heavy atom. The van der Waals surface area contributed by atoms with Crippen molar-refractivity contribution < 1.29 is 9.90 Å². The van der Waals surface area contributed by atoms with Gasteiger partial charge in [0.2, 0.25) is 0 Å². The Bertz CT molecular complexity index is 778. The van der Waals surface area contributed by atoms with E-state index in [9.17, 15) is 4.79 Å². The molecule has 1 unspecified atom stereocenters. The van der Waals surface area contributed by atoms with Crippen molar-refractivity contribution in [1.29, 1.82) is 0 Å². The van der Waals surface area contributed by atoms with Crippen molar-refractivity contribution in [3.63, 3.8) is 0 Å². The number of hydrogen-bond donors (Lipinski definition) is 3. The van der Waals surface area contributed by atoms with E-state index in [1.165, 1.54) is 16.8 Å². The van der Waals surface area contributed by atoms with Gasteiger partial charge in [-0.05, 0) is 36.4 Å². The molecule has 0 saturated carbocycles. The van der Waals surface area contributed by atoms with E-state index in [-0.39, 0.29) is 0 Å². The first-order valence-electron chi connectivity index (χ1n) is 7.62. The van der Waals surface area contributed by atoms with Crippen LogP contribution in [0.3, 0.4) is 0 Å². The number of fused-ring (bicyclic) bond motifs is 1. The maximum absolute atomic E-state index is 10.7. The van der Waals surface area contributed by atoms with Crippen LogP contribution < -0.4 is 16.6 Å². The molecule has 3 aromatic rings. The molecule has 0 bridgehead atoms. The second-order valence-corrected chi connectivity index (χ2v) is 6.12. The number of thioether (sulfide) groups is 1. The third kappa shape index (κ3) is 5.76. The largest absolute Gasteiger partial charge is 0.479 e. The zero-order valence-electron chi connectivity index (χ0n) is 13.8. The quantitative estimate of drug-likeness (QED) is 0.560. The summed E-state index contributed by atoms with van der Waals surface area (Å²) in [5, 5.41) is 9.40. The molecular formula is C18H19N5O2S. The van der Waals surface area contributed by atoms with E-state index in [1.807, 2.05) is 42.5 Å². The van der Waals surface area contributed by atoms with Crippen molar-refractivity contribution in [2.24, 2.45) is 5.84 Å². The van der Waals surface area contributed by atoms with Gasteiger partial charge in [-0.2, -0.15) is 0 Å². The molecule has 7 nitrogen and oxygen atoms in total. The number of pyridine rings is 2. The topological polar surface area (TPSA) is 118 Å². The third-order valence-corrected chi connectivity index (χ3v) is 4.35. The Kier molecular flexibility index (Phi) is 7.41. The van der Waals surface area contributed by atoms with E-state index in [0.29, 0.717) is 5.69 Å². The minimum absolute atomic E-state index is 0.697. The molecule has 0 amide bonds. The van der Waals surface area contributed by atoms with Gasteiger partial charge < -0.3 is 10.8 Å². The summed E-state index contributed by atoms with van der Waals surface area (Å²) in [7, 11) is 0. The van der Waals surface area contributed by atoms with Crippen molar-refractivity contribution in [3.05, 3.63) is 79.4 Å². The van der Waals surface area contributed by atoms with Crippen molar-refractivity contribution >= 4 is 29.1 Å². The molecule has 26 heavy (non-hydrogen) atoms. The van der Waals surface area contributed by atoms with Gasteiger partial charge in [0.1, 0.15) is 0 Å². The Morgan fingerprint density at radius 3 is 2.12 bits per heavy atom. The summed E-state index contributed by atoms with van der Waals surface area (Å²) < 4.78 is 0. The zero-order chi connectivity index (χ0) is 18.8. The molecular weight excluding hydrogens is 350 g/mol. The van der Waals surface area contributed by atoms with Crippen LogP contribution >= 0.6 is 11.8 Å². The van der Waals surface area contributed by atoms with Gasteiger partial charge in [0, 0.05) is 29.7 Å². The van der Waals surface area contributed by atoms with Gasteiger partial charge >= 0.3 is 5.97 Å². The number of carboxylic acid groups (broad SMARTS) is 1. The molecule has 1 atom stereocenters. The van der Waals surface area contributed by atoms with Gasteiger partial charge in [-0.15, -0.1) is 0 Å². The van der Waals surface area contributed by atoms with Gasteiger partial charge in [-0.25, -0.2) is 10.6 Å². The molecule has 0 spiro atoms. The predicted molar refractivity (Wildman–Crippen MR) is 103 cm³/mol. The summed E-state index contributed by atoms with van der Waals surface area (Å²) in [4.78, 5) is 19.2. The van der Waals surface area contributed by atoms with Crippen LogP contribution in [0.5, 0.6) is 0 Å². The van der Waals surface area contributed by atoms with Crippen LogP contribution in [0.1, 0.15) is 0 Å². The summed E-state index contributed by atoms with van der Waals surface area (Å²) in [5.74, 6) is 4.71. The first-order chi connectivity index (χ1) is 12.6. The Balaban J connectivity index is 0.000000157. The lowest BCUT2D eigenvalue weighted by atomic mass is 10.3. The summed E-state index contributed by atoms with van der Waals surface area (Å²) >= 11 is 1.25. The van der Waals surface area contributed by atoms with E-state index in [0.717, 1.165) is 10.6 Å². The lowest BCUT2D eigenvalue weighted by Gasteiger charge is -2.16. The van der Waals surface area contributed by atoms with Crippen molar-refractivity contribution in [1.82, 2.24) is 9.97 Å². The Morgan fingerprint density at radius 1 is 1.00 bits per heavy atom. The predicted octanol–water partition coefficient (Wildman–Crippen LogP) is 2.63. The number of aliphatic carboxylic acids is 1. The van der Waals surface area contributed by atoms with Crippen LogP contribution in [0.15, 0.2) is 84.3 Å². The number of hydrazine groups is 1. The van der Waals surface area contributed by atoms with Crippen LogP contribution in [0, 0.1) is 0 Å². The zero-order valence-corrected chi connectivity index (χ0v) is 14.7. The average molecular weight is 369 g/mol. The molecule has 5 N–H and O–H groups in total. The van der Waals surface area contributed by atoms with Crippen LogP contribution in [0.4, 0.5) is 11.4 Å². The minimum Gasteiger partial charge on any atom is -0.479 e. The number of benzene rings is 1. The molecule has 8 heteroatoms. The molecule has 1 aromatic carbocycles. The van der Waals surface area contributed by atoms with Gasteiger partial charge in [0.15, 0.2) is 5.37 Å². The number of para-hydroxylation sites is 1. The maximum Gasteiger partial charge on any atom is 0.338 e. The van der Waals surface area contributed by atoms with Crippen LogP contribution in [0.2, 0.25) is 0 Å². The standard InChI is InChI=1S/C8H8N2O2S.C5H6N2.C5H5N/c9-10-5-3-1-2-4-6(5)13-7(10)8(11)12;6-5-2-1-3-7-4-5;1-2-4-6-5-3-1/h1-4,7H,9H2,(H,11,12);1-4H,6H2;1-5H. The smallest absolute Gasteiger partial charge is 0.338 e. The summed E-state index contributed by atoms with van der Waals surface area (Å²) in [5.41, 5.74) is 6.78. The lowest BCUT2D eigenvalue weighted by molar-refractivity contribution is -0.136. The lowest BCUT2D eigenvalue weighted by Crippen LogP contribution is -2.41. The van der Waals surface area contributed by atoms with Gasteiger partial charge in [-0.1, -0.05) is 30.0 Å². The molecule has 0 radical (unpaired) electrons. The SMILES string of the molecule is NN1c2ccccc2SC1C(=O)O.Nc1cccnc1.c1ccncc1. The number of carbonyl (C=O) groups is 1. The molecule has 4 rings (SSSR count). The molecule has 0 saturated heterocycles.